The molecule has 1 aliphatic heterocycles. The van der Waals surface area contributed by atoms with E-state index in [2.05, 4.69) is 17.6 Å². The molecule has 0 saturated heterocycles. The Hall–Kier alpha value is -4.06. The Morgan fingerprint density at radius 2 is 1.88 bits per heavy atom. The van der Waals surface area contributed by atoms with Gasteiger partial charge in [-0.1, -0.05) is 49.4 Å². The fraction of sp³-hybridized carbons (Fsp3) is 0.154. The fourth-order valence-corrected chi connectivity index (χ4v) is 3.29. The first-order valence-corrected chi connectivity index (χ1v) is 10.5. The molecule has 1 heterocycles. The van der Waals surface area contributed by atoms with Crippen LogP contribution in [0.15, 0.2) is 78.9 Å². The first kappa shape index (κ1) is 21.2. The molecule has 2 amide bonds. The lowest BCUT2D eigenvalue weighted by molar-refractivity contribution is -0.123. The van der Waals surface area contributed by atoms with E-state index in [1.54, 1.807) is 24.3 Å². The van der Waals surface area contributed by atoms with Gasteiger partial charge in [0.15, 0.2) is 0 Å². The van der Waals surface area contributed by atoms with Gasteiger partial charge in [0.25, 0.3) is 5.91 Å². The number of nitrogens with one attached hydrogen (secondary N) is 2. The van der Waals surface area contributed by atoms with Gasteiger partial charge in [-0.3, -0.25) is 9.59 Å². The summed E-state index contributed by atoms with van der Waals surface area (Å²) >= 11 is 0. The molecule has 0 saturated carbocycles. The highest BCUT2D eigenvalue weighted by Crippen LogP contribution is 2.36. The summed E-state index contributed by atoms with van der Waals surface area (Å²) in [5, 5.41) is 5.66. The summed E-state index contributed by atoms with van der Waals surface area (Å²) in [6.45, 7) is 2.73. The highest BCUT2D eigenvalue weighted by atomic mass is 16.5. The minimum atomic E-state index is -0.703. The van der Waals surface area contributed by atoms with Crippen LogP contribution in [0, 0.1) is 0 Å². The molecule has 3 aromatic carbocycles. The minimum Gasteiger partial charge on any atom is -0.494 e. The van der Waals surface area contributed by atoms with E-state index in [9.17, 15) is 9.59 Å². The zero-order valence-electron chi connectivity index (χ0n) is 17.7. The second kappa shape index (κ2) is 9.83. The van der Waals surface area contributed by atoms with Crippen LogP contribution in [-0.2, 0) is 9.59 Å². The molecule has 1 aliphatic rings. The molecular formula is C26H24N2O4. The Morgan fingerprint density at radius 1 is 1.09 bits per heavy atom. The number of carbonyl (C=O) groups excluding carboxylic acids is 2. The van der Waals surface area contributed by atoms with Crippen LogP contribution in [0.1, 0.15) is 30.6 Å². The molecule has 0 aliphatic carbocycles. The van der Waals surface area contributed by atoms with E-state index in [1.165, 1.54) is 6.08 Å². The summed E-state index contributed by atoms with van der Waals surface area (Å²) in [5.74, 6) is 0.832. The quantitative estimate of drug-likeness (QED) is 0.507. The second-order valence-corrected chi connectivity index (χ2v) is 7.35. The van der Waals surface area contributed by atoms with E-state index < -0.39 is 6.10 Å². The first-order valence-electron chi connectivity index (χ1n) is 10.5. The van der Waals surface area contributed by atoms with E-state index in [0.29, 0.717) is 23.7 Å². The molecule has 3 aromatic rings. The molecule has 162 valence electrons. The third-order valence-electron chi connectivity index (χ3n) is 4.87. The number of amides is 2. The van der Waals surface area contributed by atoms with Gasteiger partial charge in [0.1, 0.15) is 11.5 Å². The van der Waals surface area contributed by atoms with Crippen molar-refractivity contribution in [1.82, 2.24) is 0 Å². The monoisotopic (exact) mass is 428 g/mol. The van der Waals surface area contributed by atoms with Crippen molar-refractivity contribution in [1.29, 1.82) is 0 Å². The minimum absolute atomic E-state index is 0.251. The Morgan fingerprint density at radius 3 is 2.62 bits per heavy atom. The van der Waals surface area contributed by atoms with Crippen molar-refractivity contribution in [3.63, 3.8) is 0 Å². The molecule has 1 atom stereocenters. The predicted molar refractivity (Wildman–Crippen MR) is 125 cm³/mol. The van der Waals surface area contributed by atoms with Crippen molar-refractivity contribution in [2.75, 3.05) is 17.2 Å². The van der Waals surface area contributed by atoms with E-state index in [-0.39, 0.29) is 11.8 Å². The van der Waals surface area contributed by atoms with Crippen LogP contribution in [0.2, 0.25) is 0 Å². The zero-order chi connectivity index (χ0) is 22.3. The van der Waals surface area contributed by atoms with Gasteiger partial charge < -0.3 is 20.1 Å². The third-order valence-corrected chi connectivity index (χ3v) is 4.87. The van der Waals surface area contributed by atoms with Crippen LogP contribution in [0.3, 0.4) is 0 Å². The molecule has 2 N–H and O–H groups in total. The molecule has 6 heteroatoms. The van der Waals surface area contributed by atoms with Crippen LogP contribution >= 0.6 is 0 Å². The SMILES string of the molecule is CCCOc1ccc(/C=C/C(=O)Nc2ccc3c(c2)NC(=O)C(c2ccccc2)O3)cc1. The van der Waals surface area contributed by atoms with Crippen molar-refractivity contribution < 1.29 is 19.1 Å². The van der Waals surface area contributed by atoms with Gasteiger partial charge in [-0.05, 0) is 48.4 Å². The van der Waals surface area contributed by atoms with Crippen molar-refractivity contribution in [2.24, 2.45) is 0 Å². The number of ether oxygens (including phenoxy) is 2. The lowest BCUT2D eigenvalue weighted by Crippen LogP contribution is -2.30. The van der Waals surface area contributed by atoms with E-state index in [0.717, 1.165) is 23.3 Å². The Balaban J connectivity index is 1.38. The summed E-state index contributed by atoms with van der Waals surface area (Å²) in [4.78, 5) is 24.8. The first-order chi connectivity index (χ1) is 15.6. The van der Waals surface area contributed by atoms with Gasteiger partial charge in [0, 0.05) is 17.3 Å². The summed E-state index contributed by atoms with van der Waals surface area (Å²) in [7, 11) is 0. The van der Waals surface area contributed by atoms with Gasteiger partial charge >= 0.3 is 0 Å². The van der Waals surface area contributed by atoms with Gasteiger partial charge in [-0.15, -0.1) is 0 Å². The number of hydrogen-bond acceptors (Lipinski definition) is 4. The standard InChI is InChI=1S/C26H24N2O4/c1-2-16-31-21-12-8-18(9-13-21)10-15-24(29)27-20-11-14-23-22(17-20)28-26(30)25(32-23)19-6-4-3-5-7-19/h3-15,17,25H,2,16H2,1H3,(H,27,29)(H,28,30)/b15-10+. The average Bonchev–Trinajstić information content (AvgIpc) is 2.82. The lowest BCUT2D eigenvalue weighted by atomic mass is 10.1. The Bertz CT molecular complexity index is 1120. The maximum absolute atomic E-state index is 12.5. The van der Waals surface area contributed by atoms with Gasteiger partial charge in [-0.25, -0.2) is 0 Å². The number of anilines is 2. The smallest absolute Gasteiger partial charge is 0.270 e. The average molecular weight is 428 g/mol. The highest BCUT2D eigenvalue weighted by molar-refractivity contribution is 6.03. The summed E-state index contributed by atoms with van der Waals surface area (Å²) in [5.41, 5.74) is 2.75. The summed E-state index contributed by atoms with van der Waals surface area (Å²) in [6.07, 6.45) is 3.44. The van der Waals surface area contributed by atoms with Crippen LogP contribution in [0.4, 0.5) is 11.4 Å². The number of rotatable bonds is 7. The molecule has 0 fully saturated rings. The van der Waals surface area contributed by atoms with Gasteiger partial charge in [0.05, 0.1) is 12.3 Å². The molecule has 32 heavy (non-hydrogen) atoms. The van der Waals surface area contributed by atoms with Gasteiger partial charge in [-0.2, -0.15) is 0 Å². The topological polar surface area (TPSA) is 76.7 Å². The van der Waals surface area contributed by atoms with Crippen molar-refractivity contribution in [3.05, 3.63) is 90.0 Å². The Kier molecular flexibility index (Phi) is 6.51. The highest BCUT2D eigenvalue weighted by Gasteiger charge is 2.29. The Labute approximate surface area is 186 Å². The number of carbonyl (C=O) groups is 2. The van der Waals surface area contributed by atoms with E-state index in [4.69, 9.17) is 9.47 Å². The molecular weight excluding hydrogens is 404 g/mol. The molecule has 4 rings (SSSR count). The van der Waals surface area contributed by atoms with Crippen molar-refractivity contribution in [2.45, 2.75) is 19.4 Å². The summed E-state index contributed by atoms with van der Waals surface area (Å²) < 4.78 is 11.4. The summed E-state index contributed by atoms with van der Waals surface area (Å²) in [6, 6.07) is 22.0. The maximum Gasteiger partial charge on any atom is 0.270 e. The van der Waals surface area contributed by atoms with Crippen molar-refractivity contribution >= 4 is 29.3 Å². The molecule has 0 radical (unpaired) electrons. The molecule has 0 bridgehead atoms. The molecule has 1 unspecified atom stereocenters. The van der Waals surface area contributed by atoms with E-state index >= 15 is 0 Å². The molecule has 0 aromatic heterocycles. The normalized spacial score (nSPS) is 14.9. The third kappa shape index (κ3) is 5.16. The van der Waals surface area contributed by atoms with Crippen LogP contribution in [0.25, 0.3) is 6.08 Å². The van der Waals surface area contributed by atoms with Crippen molar-refractivity contribution in [3.8, 4) is 11.5 Å². The van der Waals surface area contributed by atoms with Crippen LogP contribution in [-0.4, -0.2) is 18.4 Å². The largest absolute Gasteiger partial charge is 0.494 e. The number of benzene rings is 3. The second-order valence-electron chi connectivity index (χ2n) is 7.35. The fourth-order valence-electron chi connectivity index (χ4n) is 3.29. The molecule has 0 spiro atoms. The van der Waals surface area contributed by atoms with Gasteiger partial charge in [0.2, 0.25) is 12.0 Å². The number of hydrogen-bond donors (Lipinski definition) is 2. The molecule has 6 nitrogen and oxygen atoms in total. The van der Waals surface area contributed by atoms with Crippen LogP contribution < -0.4 is 20.1 Å². The van der Waals surface area contributed by atoms with Crippen LogP contribution in [0.5, 0.6) is 11.5 Å². The maximum atomic E-state index is 12.5. The zero-order valence-corrected chi connectivity index (χ0v) is 17.7. The van der Waals surface area contributed by atoms with E-state index in [1.807, 2.05) is 54.6 Å². The predicted octanol–water partition coefficient (Wildman–Crippen LogP) is 5.20. The lowest BCUT2D eigenvalue weighted by Gasteiger charge is -2.26. The number of fused-ring (bicyclic) bond motifs is 1.